The molecule has 0 spiro atoms. The third-order valence-electron chi connectivity index (χ3n) is 3.25. The first-order chi connectivity index (χ1) is 9.82. The maximum atomic E-state index is 10.7. The van der Waals surface area contributed by atoms with E-state index in [-0.39, 0.29) is 5.25 Å². The maximum Gasteiger partial charge on any atom is 0.316 e. The first kappa shape index (κ1) is 20.0. The van der Waals surface area contributed by atoms with Crippen LogP contribution >= 0.6 is 11.8 Å². The zero-order valence-corrected chi connectivity index (χ0v) is 14.9. The lowest BCUT2D eigenvalue weighted by Crippen LogP contribution is -2.11. The monoisotopic (exact) mass is 310 g/mol. The second-order valence-electron chi connectivity index (χ2n) is 5.77. The molecule has 1 atom stereocenters. The minimum atomic E-state index is -0.735. The lowest BCUT2D eigenvalue weighted by Gasteiger charge is -2.04. The molecule has 0 aliphatic heterocycles. The number of hydrogen-bond acceptors (Lipinski definition) is 2. The molecular weight excluding hydrogens is 280 g/mol. The van der Waals surface area contributed by atoms with E-state index in [1.165, 1.54) is 28.5 Å². The van der Waals surface area contributed by atoms with Gasteiger partial charge in [-0.1, -0.05) is 34.9 Å². The summed E-state index contributed by atoms with van der Waals surface area (Å²) in [7, 11) is 0. The van der Waals surface area contributed by atoms with E-state index in [9.17, 15) is 4.79 Å². The van der Waals surface area contributed by atoms with Crippen LogP contribution in [0.4, 0.5) is 0 Å². The fourth-order valence-corrected chi connectivity index (χ4v) is 2.56. The first-order valence-corrected chi connectivity index (χ1v) is 8.66. The molecule has 0 rings (SSSR count). The van der Waals surface area contributed by atoms with E-state index in [2.05, 4.69) is 45.9 Å². The molecule has 0 radical (unpaired) electrons. The Morgan fingerprint density at radius 2 is 1.52 bits per heavy atom. The van der Waals surface area contributed by atoms with E-state index < -0.39 is 5.97 Å². The predicted molar refractivity (Wildman–Crippen MR) is 95.0 cm³/mol. The van der Waals surface area contributed by atoms with Gasteiger partial charge < -0.3 is 5.11 Å². The standard InChI is InChI=1S/C18H30O2S/c1-14(2)8-6-9-15(3)10-7-11-16(4)12-13-21-17(5)18(19)20/h8,10,12,17H,6-7,9,11,13H2,1-5H3,(H,19,20)/b15-10+,16-12+. The summed E-state index contributed by atoms with van der Waals surface area (Å²) in [6.07, 6.45) is 11.1. The van der Waals surface area contributed by atoms with Crippen LogP contribution in [-0.2, 0) is 4.79 Å². The van der Waals surface area contributed by atoms with Gasteiger partial charge in [0.15, 0.2) is 0 Å². The van der Waals surface area contributed by atoms with Crippen LogP contribution < -0.4 is 0 Å². The van der Waals surface area contributed by atoms with Gasteiger partial charge in [0.05, 0.1) is 5.25 Å². The first-order valence-electron chi connectivity index (χ1n) is 7.62. The van der Waals surface area contributed by atoms with Crippen LogP contribution in [0.2, 0.25) is 0 Å². The summed E-state index contributed by atoms with van der Waals surface area (Å²) in [6, 6.07) is 0. The molecule has 0 aromatic carbocycles. The molecule has 0 aliphatic carbocycles. The quantitative estimate of drug-likeness (QED) is 0.533. The molecule has 1 unspecified atom stereocenters. The molecule has 0 aromatic rings. The van der Waals surface area contributed by atoms with Crippen LogP contribution in [0.25, 0.3) is 0 Å². The smallest absolute Gasteiger partial charge is 0.316 e. The van der Waals surface area contributed by atoms with Crippen LogP contribution in [-0.4, -0.2) is 22.1 Å². The Balaban J connectivity index is 3.93. The van der Waals surface area contributed by atoms with Gasteiger partial charge in [-0.15, -0.1) is 11.8 Å². The minimum absolute atomic E-state index is 0.328. The topological polar surface area (TPSA) is 37.3 Å². The van der Waals surface area contributed by atoms with Crippen molar-refractivity contribution in [1.29, 1.82) is 0 Å². The maximum absolute atomic E-state index is 10.7. The summed E-state index contributed by atoms with van der Waals surface area (Å²) in [5, 5.41) is 8.47. The van der Waals surface area contributed by atoms with Crippen molar-refractivity contribution in [2.24, 2.45) is 0 Å². The Morgan fingerprint density at radius 3 is 2.05 bits per heavy atom. The lowest BCUT2D eigenvalue weighted by molar-refractivity contribution is -0.136. The van der Waals surface area contributed by atoms with Crippen molar-refractivity contribution < 1.29 is 9.90 Å². The van der Waals surface area contributed by atoms with Crippen molar-refractivity contribution in [2.75, 3.05) is 5.75 Å². The molecule has 120 valence electrons. The van der Waals surface area contributed by atoms with Crippen molar-refractivity contribution in [3.8, 4) is 0 Å². The third kappa shape index (κ3) is 12.5. The fraction of sp³-hybridized carbons (Fsp3) is 0.611. The van der Waals surface area contributed by atoms with E-state index in [0.717, 1.165) is 31.4 Å². The third-order valence-corrected chi connectivity index (χ3v) is 4.31. The SMILES string of the molecule is CC(C)=CCC/C(C)=C/CC/C(C)=C/CSC(C)C(=O)O. The average Bonchev–Trinajstić information content (AvgIpc) is 2.37. The van der Waals surface area contributed by atoms with Crippen LogP contribution in [0.15, 0.2) is 34.9 Å². The molecule has 21 heavy (non-hydrogen) atoms. The molecule has 2 nitrogen and oxygen atoms in total. The molecule has 0 bridgehead atoms. The van der Waals surface area contributed by atoms with Crippen LogP contribution in [0.5, 0.6) is 0 Å². The Hall–Kier alpha value is -0.960. The van der Waals surface area contributed by atoms with Crippen molar-refractivity contribution in [1.82, 2.24) is 0 Å². The van der Waals surface area contributed by atoms with Gasteiger partial charge >= 0.3 is 5.97 Å². The van der Waals surface area contributed by atoms with Gasteiger partial charge in [0.1, 0.15) is 0 Å². The highest BCUT2D eigenvalue weighted by atomic mass is 32.2. The summed E-state index contributed by atoms with van der Waals surface area (Å²) in [5.74, 6) is 0.0451. The van der Waals surface area contributed by atoms with Crippen molar-refractivity contribution in [3.05, 3.63) is 34.9 Å². The molecule has 0 fully saturated rings. The van der Waals surface area contributed by atoms with Crippen molar-refractivity contribution >= 4 is 17.7 Å². The summed E-state index contributed by atoms with van der Waals surface area (Å²) >= 11 is 1.47. The lowest BCUT2D eigenvalue weighted by atomic mass is 10.1. The Labute approximate surface area is 134 Å². The number of allylic oxidation sites excluding steroid dienone is 5. The molecule has 3 heteroatoms. The highest BCUT2D eigenvalue weighted by Crippen LogP contribution is 2.14. The molecule has 0 saturated carbocycles. The highest BCUT2D eigenvalue weighted by Gasteiger charge is 2.09. The molecule has 0 amide bonds. The normalized spacial score (nSPS) is 14.0. The summed E-state index contributed by atoms with van der Waals surface area (Å²) in [5.41, 5.74) is 4.18. The Bertz CT molecular complexity index is 401. The molecule has 0 saturated heterocycles. The Kier molecular flexibility index (Phi) is 11.1. The number of hydrogen-bond donors (Lipinski definition) is 1. The fourth-order valence-electron chi connectivity index (χ4n) is 1.74. The molecule has 0 aromatic heterocycles. The van der Waals surface area contributed by atoms with Gasteiger partial charge in [-0.2, -0.15) is 0 Å². The minimum Gasteiger partial charge on any atom is -0.480 e. The second kappa shape index (κ2) is 11.7. The van der Waals surface area contributed by atoms with Gasteiger partial charge in [0.2, 0.25) is 0 Å². The zero-order valence-electron chi connectivity index (χ0n) is 14.1. The van der Waals surface area contributed by atoms with E-state index in [4.69, 9.17) is 5.11 Å². The number of thioether (sulfide) groups is 1. The van der Waals surface area contributed by atoms with Crippen molar-refractivity contribution in [3.63, 3.8) is 0 Å². The molecule has 1 N–H and O–H groups in total. The van der Waals surface area contributed by atoms with Gasteiger partial charge in [-0.05, 0) is 60.3 Å². The zero-order chi connectivity index (χ0) is 16.3. The van der Waals surface area contributed by atoms with Crippen LogP contribution in [0.3, 0.4) is 0 Å². The van der Waals surface area contributed by atoms with E-state index in [1.807, 2.05) is 0 Å². The average molecular weight is 311 g/mol. The largest absolute Gasteiger partial charge is 0.480 e. The Morgan fingerprint density at radius 1 is 1.00 bits per heavy atom. The second-order valence-corrected chi connectivity index (χ2v) is 7.15. The number of carboxylic acids is 1. The van der Waals surface area contributed by atoms with Crippen LogP contribution in [0.1, 0.15) is 60.3 Å². The summed E-state index contributed by atoms with van der Waals surface area (Å²) in [6.45, 7) is 10.3. The predicted octanol–water partition coefficient (Wildman–Crippen LogP) is 5.61. The summed E-state index contributed by atoms with van der Waals surface area (Å²) in [4.78, 5) is 10.7. The van der Waals surface area contributed by atoms with Gasteiger partial charge in [0.25, 0.3) is 0 Å². The van der Waals surface area contributed by atoms with Gasteiger partial charge in [-0.25, -0.2) is 0 Å². The van der Waals surface area contributed by atoms with E-state index in [0.29, 0.717) is 0 Å². The van der Waals surface area contributed by atoms with Crippen LogP contribution in [0, 0.1) is 0 Å². The molecule has 0 heterocycles. The van der Waals surface area contributed by atoms with E-state index in [1.54, 1.807) is 6.92 Å². The number of rotatable bonds is 10. The number of aliphatic carboxylic acids is 1. The van der Waals surface area contributed by atoms with Gasteiger partial charge in [-0.3, -0.25) is 4.79 Å². The van der Waals surface area contributed by atoms with Crippen molar-refractivity contribution in [2.45, 2.75) is 65.6 Å². The van der Waals surface area contributed by atoms with E-state index >= 15 is 0 Å². The number of carboxylic acid groups (broad SMARTS) is 1. The highest BCUT2D eigenvalue weighted by molar-refractivity contribution is 8.00. The van der Waals surface area contributed by atoms with Gasteiger partial charge in [0, 0.05) is 5.75 Å². The number of carbonyl (C=O) groups is 1. The molecular formula is C18H30O2S. The molecule has 0 aliphatic rings. The summed E-state index contributed by atoms with van der Waals surface area (Å²) < 4.78 is 0.